The lowest BCUT2D eigenvalue weighted by Crippen LogP contribution is -2.34. The summed E-state index contributed by atoms with van der Waals surface area (Å²) in [5.41, 5.74) is 2.38. The van der Waals surface area contributed by atoms with Gasteiger partial charge in [-0.15, -0.1) is 0 Å². The largest absolute Gasteiger partial charge is 0.465 e. The maximum atomic E-state index is 11.7. The van der Waals surface area contributed by atoms with E-state index < -0.39 is 0 Å². The highest BCUT2D eigenvalue weighted by atomic mass is 16.5. The van der Waals surface area contributed by atoms with Crippen molar-refractivity contribution in [2.75, 3.05) is 18.6 Å². The molecule has 0 aliphatic carbocycles. The van der Waals surface area contributed by atoms with Gasteiger partial charge in [0, 0.05) is 12.2 Å². The lowest BCUT2D eigenvalue weighted by Gasteiger charge is -2.28. The molecule has 0 spiro atoms. The van der Waals surface area contributed by atoms with Crippen molar-refractivity contribution in [3.8, 4) is 0 Å². The molecule has 0 fully saturated rings. The Bertz CT molecular complexity index is 508. The second-order valence-electron chi connectivity index (χ2n) is 4.13. The molecule has 2 rings (SSSR count). The highest BCUT2D eigenvalue weighted by Crippen LogP contribution is 2.28. The van der Waals surface area contributed by atoms with Crippen LogP contribution < -0.4 is 4.90 Å². The maximum absolute atomic E-state index is 11.7. The van der Waals surface area contributed by atoms with Crippen LogP contribution in [0.4, 0.5) is 5.69 Å². The third-order valence-corrected chi connectivity index (χ3v) is 3.06. The van der Waals surface area contributed by atoms with Gasteiger partial charge in [0.05, 0.1) is 12.7 Å². The zero-order valence-corrected chi connectivity index (χ0v) is 10.3. The average Bonchev–Trinajstić information content (AvgIpc) is 2.44. The van der Waals surface area contributed by atoms with Crippen LogP contribution in [-0.4, -0.2) is 25.5 Å². The average molecular weight is 245 g/mol. The van der Waals surface area contributed by atoms with E-state index in [1.54, 1.807) is 23.1 Å². The Labute approximate surface area is 106 Å². The second-order valence-corrected chi connectivity index (χ2v) is 4.13. The van der Waals surface area contributed by atoms with E-state index in [9.17, 15) is 9.59 Å². The van der Waals surface area contributed by atoms with E-state index >= 15 is 0 Å². The molecule has 0 atom stereocenters. The number of aryl methyl sites for hydroxylation is 1. The number of rotatable bonds is 2. The summed E-state index contributed by atoms with van der Waals surface area (Å²) >= 11 is 0. The summed E-state index contributed by atoms with van der Waals surface area (Å²) in [5.74, 6) is -0.466. The van der Waals surface area contributed by atoms with E-state index in [4.69, 9.17) is 0 Å². The summed E-state index contributed by atoms with van der Waals surface area (Å²) in [7, 11) is 1.36. The molecule has 1 aromatic carbocycles. The molecular formula is C14H15NO3. The fourth-order valence-corrected chi connectivity index (χ4v) is 2.18. The van der Waals surface area contributed by atoms with Crippen molar-refractivity contribution in [2.45, 2.75) is 12.8 Å². The van der Waals surface area contributed by atoms with E-state index in [0.29, 0.717) is 12.1 Å². The molecule has 94 valence electrons. The van der Waals surface area contributed by atoms with Gasteiger partial charge in [-0.25, -0.2) is 4.79 Å². The normalized spacial score (nSPS) is 13.7. The van der Waals surface area contributed by atoms with Crippen molar-refractivity contribution >= 4 is 17.6 Å². The lowest BCUT2D eigenvalue weighted by molar-refractivity contribution is -0.114. The number of anilines is 1. The SMILES string of the molecule is C=CC(=O)N1CCCc2cc(C(=O)OC)ccc21. The number of nitrogens with zero attached hydrogens (tertiary/aromatic N) is 1. The summed E-state index contributed by atoms with van der Waals surface area (Å²) in [5, 5.41) is 0. The Hall–Kier alpha value is -2.10. The maximum Gasteiger partial charge on any atom is 0.337 e. The van der Waals surface area contributed by atoms with E-state index in [2.05, 4.69) is 11.3 Å². The van der Waals surface area contributed by atoms with Crippen LogP contribution in [0.3, 0.4) is 0 Å². The first-order valence-electron chi connectivity index (χ1n) is 5.82. The Morgan fingerprint density at radius 2 is 2.22 bits per heavy atom. The number of amides is 1. The van der Waals surface area contributed by atoms with E-state index in [0.717, 1.165) is 24.1 Å². The molecule has 0 aromatic heterocycles. The Morgan fingerprint density at radius 1 is 1.44 bits per heavy atom. The lowest BCUT2D eigenvalue weighted by atomic mass is 9.99. The first kappa shape index (κ1) is 12.4. The number of carbonyl (C=O) groups excluding carboxylic acids is 2. The van der Waals surface area contributed by atoms with Gasteiger partial charge in [0.2, 0.25) is 5.91 Å². The quantitative estimate of drug-likeness (QED) is 0.591. The van der Waals surface area contributed by atoms with Gasteiger partial charge in [0.25, 0.3) is 0 Å². The van der Waals surface area contributed by atoms with Crippen LogP contribution in [0.15, 0.2) is 30.9 Å². The van der Waals surface area contributed by atoms with Crippen LogP contribution in [0.2, 0.25) is 0 Å². The molecule has 1 aliphatic rings. The topological polar surface area (TPSA) is 46.6 Å². The number of fused-ring (bicyclic) bond motifs is 1. The molecule has 0 saturated heterocycles. The molecule has 4 heteroatoms. The number of esters is 1. The van der Waals surface area contributed by atoms with Crippen LogP contribution in [-0.2, 0) is 16.0 Å². The molecule has 1 aliphatic heterocycles. The van der Waals surface area contributed by atoms with Gasteiger partial charge in [0.15, 0.2) is 0 Å². The summed E-state index contributed by atoms with van der Waals surface area (Å²) < 4.78 is 4.69. The highest BCUT2D eigenvalue weighted by Gasteiger charge is 2.21. The number of methoxy groups -OCH3 is 1. The number of ether oxygens (including phenoxy) is 1. The van der Waals surface area contributed by atoms with Gasteiger partial charge >= 0.3 is 5.97 Å². The summed E-state index contributed by atoms with van der Waals surface area (Å²) in [4.78, 5) is 24.9. The highest BCUT2D eigenvalue weighted by molar-refractivity contribution is 6.02. The molecule has 1 amide bonds. The predicted molar refractivity (Wildman–Crippen MR) is 68.7 cm³/mol. The number of carbonyl (C=O) groups is 2. The van der Waals surface area contributed by atoms with Crippen molar-refractivity contribution < 1.29 is 14.3 Å². The summed E-state index contributed by atoms with van der Waals surface area (Å²) in [6.45, 7) is 4.19. The molecule has 1 aromatic rings. The van der Waals surface area contributed by atoms with Crippen molar-refractivity contribution in [1.82, 2.24) is 0 Å². The van der Waals surface area contributed by atoms with Gasteiger partial charge in [0.1, 0.15) is 0 Å². The van der Waals surface area contributed by atoms with Crippen LogP contribution in [0.5, 0.6) is 0 Å². The van der Waals surface area contributed by atoms with E-state index in [1.807, 2.05) is 0 Å². The molecule has 0 radical (unpaired) electrons. The minimum Gasteiger partial charge on any atom is -0.465 e. The Kier molecular flexibility index (Phi) is 3.46. The molecule has 1 heterocycles. The van der Waals surface area contributed by atoms with Crippen LogP contribution in [0.1, 0.15) is 22.3 Å². The number of benzene rings is 1. The smallest absolute Gasteiger partial charge is 0.337 e. The first-order chi connectivity index (χ1) is 8.67. The first-order valence-corrected chi connectivity index (χ1v) is 5.82. The Balaban J connectivity index is 2.39. The van der Waals surface area contributed by atoms with Crippen molar-refractivity contribution in [3.05, 3.63) is 42.0 Å². The minimum absolute atomic E-state index is 0.109. The standard InChI is InChI=1S/C14H15NO3/c1-3-13(16)15-8-4-5-10-9-11(14(17)18-2)6-7-12(10)15/h3,6-7,9H,1,4-5,8H2,2H3. The summed E-state index contributed by atoms with van der Waals surface area (Å²) in [6.07, 6.45) is 3.06. The fraction of sp³-hybridized carbons (Fsp3) is 0.286. The van der Waals surface area contributed by atoms with Crippen molar-refractivity contribution in [1.29, 1.82) is 0 Å². The van der Waals surface area contributed by atoms with Gasteiger partial charge in [-0.1, -0.05) is 6.58 Å². The molecule has 0 N–H and O–H groups in total. The molecule has 0 saturated carbocycles. The zero-order chi connectivity index (χ0) is 13.1. The molecular weight excluding hydrogens is 230 g/mol. The molecule has 4 nitrogen and oxygen atoms in total. The van der Waals surface area contributed by atoms with Crippen LogP contribution in [0.25, 0.3) is 0 Å². The Morgan fingerprint density at radius 3 is 2.89 bits per heavy atom. The fourth-order valence-electron chi connectivity index (χ4n) is 2.18. The van der Waals surface area contributed by atoms with Crippen molar-refractivity contribution in [3.63, 3.8) is 0 Å². The van der Waals surface area contributed by atoms with Crippen LogP contribution in [0, 0.1) is 0 Å². The third kappa shape index (κ3) is 2.14. The molecule has 0 unspecified atom stereocenters. The third-order valence-electron chi connectivity index (χ3n) is 3.06. The van der Waals surface area contributed by atoms with Crippen LogP contribution >= 0.6 is 0 Å². The van der Waals surface area contributed by atoms with Gasteiger partial charge < -0.3 is 9.64 Å². The van der Waals surface area contributed by atoms with Crippen molar-refractivity contribution in [2.24, 2.45) is 0 Å². The molecule has 0 bridgehead atoms. The van der Waals surface area contributed by atoms with E-state index in [1.165, 1.54) is 13.2 Å². The number of hydrogen-bond acceptors (Lipinski definition) is 3. The minimum atomic E-state index is -0.357. The van der Waals surface area contributed by atoms with Gasteiger partial charge in [-0.2, -0.15) is 0 Å². The van der Waals surface area contributed by atoms with E-state index in [-0.39, 0.29) is 11.9 Å². The zero-order valence-electron chi connectivity index (χ0n) is 10.3. The van der Waals surface area contributed by atoms with Gasteiger partial charge in [-0.05, 0) is 42.7 Å². The monoisotopic (exact) mass is 245 g/mol. The molecule has 18 heavy (non-hydrogen) atoms. The number of hydrogen-bond donors (Lipinski definition) is 0. The second kappa shape index (κ2) is 5.04. The summed E-state index contributed by atoms with van der Waals surface area (Å²) in [6, 6.07) is 5.27. The predicted octanol–water partition coefficient (Wildman–Crippen LogP) is 1.94. The van der Waals surface area contributed by atoms with Gasteiger partial charge in [-0.3, -0.25) is 4.79 Å².